The largest absolute Gasteiger partial charge is 0.473 e. The Hall–Kier alpha value is -10.9. The number of fused-ring (bicyclic) bond motifs is 2. The van der Waals surface area contributed by atoms with Crippen molar-refractivity contribution in [1.82, 2.24) is 58.4 Å². The zero-order valence-electron chi connectivity index (χ0n) is 57.5. The SMILES string of the molecule is COCCn1c(Cc2cc(F)c(-c3cccc(OCc4ccc(-c5cnn(CCN6CCOCC6)c5)cc4F)n3)cc2F)nc2ccc(C(=O)OC(=O)c3ccc4nc(Cc5cc(F)c(-c6cccc(OCc7ccc(-c8cnn(CCN9CCOCC9)c8)cc7F)n6)cc5F)n(CCOC)c4c3)cc21. The average Bonchev–Trinajstić information content (AvgIpc) is 1.35. The van der Waals surface area contributed by atoms with Gasteiger partial charge in [-0.25, -0.2) is 55.9 Å². The molecule has 0 bridgehead atoms. The Labute approximate surface area is 599 Å². The standard InChI is InChI=1S/C78H72F6N12O9/c1-99-27-25-95-71-37-51(13-15-69(71)87-73(95)39-55-35-65(83)59(41-63(55)81)67-5-3-7-75(89-67)103-47-53-11-9-49(33-61(53)79)57-43-85-93(45-57)19-17-91-21-29-101-30-22-91)77(97)105-78(98)52-14-16-70-72(38-52)96(26-28-100-2)74(88-70)40-56-36-66(84)60(42-64(56)82)68-6-4-8-76(90-68)104-48-54-12-10-50(34-62(54)80)58-44-86-94(46-58)20-18-92-23-31-102-32-24-92/h3-16,33-38,41-46H,17-32,39-40,47-48H2,1-2H3. The molecule has 0 spiro atoms. The van der Waals surface area contributed by atoms with Gasteiger partial charge in [0.25, 0.3) is 0 Å². The molecule has 0 aliphatic carbocycles. The summed E-state index contributed by atoms with van der Waals surface area (Å²) in [5, 5.41) is 8.92. The highest BCUT2D eigenvalue weighted by Crippen LogP contribution is 2.33. The molecular formula is C78H72F6N12O9. The molecular weight excluding hydrogens is 1360 g/mol. The van der Waals surface area contributed by atoms with Crippen LogP contribution in [0, 0.1) is 34.9 Å². The van der Waals surface area contributed by atoms with Crippen molar-refractivity contribution in [2.75, 3.05) is 93.1 Å². The molecule has 2 saturated heterocycles. The fourth-order valence-corrected chi connectivity index (χ4v) is 12.8. The zero-order chi connectivity index (χ0) is 72.5. The lowest BCUT2D eigenvalue weighted by atomic mass is 10.0. The molecule has 105 heavy (non-hydrogen) atoms. The average molecular weight is 1440 g/mol. The van der Waals surface area contributed by atoms with Gasteiger partial charge in [0.05, 0.1) is 110 Å². The molecule has 6 aromatic carbocycles. The Kier molecular flexibility index (Phi) is 21.9. The van der Waals surface area contributed by atoms with E-state index in [9.17, 15) is 9.59 Å². The molecule has 540 valence electrons. The highest BCUT2D eigenvalue weighted by molar-refractivity contribution is 6.05. The van der Waals surface area contributed by atoms with Gasteiger partial charge in [0.15, 0.2) is 0 Å². The van der Waals surface area contributed by atoms with Crippen molar-refractivity contribution in [3.63, 3.8) is 0 Å². The van der Waals surface area contributed by atoms with Crippen LogP contribution in [0.25, 0.3) is 66.8 Å². The zero-order valence-corrected chi connectivity index (χ0v) is 57.5. The van der Waals surface area contributed by atoms with Gasteiger partial charge < -0.3 is 42.3 Å². The van der Waals surface area contributed by atoms with Gasteiger partial charge in [-0.15, -0.1) is 0 Å². The molecule has 0 N–H and O–H groups in total. The molecule has 6 aromatic heterocycles. The molecule has 8 heterocycles. The minimum atomic E-state index is -0.997. The summed E-state index contributed by atoms with van der Waals surface area (Å²) in [5.74, 6) is -5.28. The van der Waals surface area contributed by atoms with Gasteiger partial charge in [-0.1, -0.05) is 36.4 Å². The molecule has 0 unspecified atom stereocenters. The van der Waals surface area contributed by atoms with Crippen molar-refractivity contribution in [3.8, 4) is 56.5 Å². The number of benzene rings is 6. The monoisotopic (exact) mass is 1430 g/mol. The van der Waals surface area contributed by atoms with Crippen LogP contribution >= 0.6 is 0 Å². The van der Waals surface area contributed by atoms with Gasteiger partial charge in [-0.05, 0) is 107 Å². The smallest absolute Gasteiger partial charge is 0.346 e. The second-order valence-electron chi connectivity index (χ2n) is 25.4. The minimum absolute atomic E-state index is 0.0181. The van der Waals surface area contributed by atoms with Crippen LogP contribution in [-0.2, 0) is 75.9 Å². The summed E-state index contributed by atoms with van der Waals surface area (Å²) in [5.41, 5.74) is 4.80. The highest BCUT2D eigenvalue weighted by Gasteiger charge is 2.25. The second kappa shape index (κ2) is 32.4. The first-order valence-corrected chi connectivity index (χ1v) is 34.3. The maximum absolute atomic E-state index is 16.2. The Morgan fingerprint density at radius 3 is 1.29 bits per heavy atom. The highest BCUT2D eigenvalue weighted by atomic mass is 19.1. The van der Waals surface area contributed by atoms with E-state index >= 15 is 26.3 Å². The van der Waals surface area contributed by atoms with Gasteiger partial charge in [-0.2, -0.15) is 10.2 Å². The van der Waals surface area contributed by atoms with Crippen LogP contribution in [0.15, 0.2) is 158 Å². The predicted octanol–water partition coefficient (Wildman–Crippen LogP) is 12.4. The van der Waals surface area contributed by atoms with Crippen molar-refractivity contribution >= 4 is 34.0 Å². The molecule has 27 heteroatoms. The minimum Gasteiger partial charge on any atom is -0.473 e. The first-order valence-electron chi connectivity index (χ1n) is 34.3. The molecule has 0 amide bonds. The van der Waals surface area contributed by atoms with Crippen LogP contribution < -0.4 is 9.47 Å². The molecule has 0 saturated carbocycles. The van der Waals surface area contributed by atoms with E-state index in [1.807, 2.05) is 21.8 Å². The van der Waals surface area contributed by atoms with Gasteiger partial charge in [0.2, 0.25) is 11.8 Å². The van der Waals surface area contributed by atoms with Gasteiger partial charge >= 0.3 is 11.9 Å². The number of hydrogen-bond donors (Lipinski definition) is 0. The number of nitrogens with zero attached hydrogens (tertiary/aromatic N) is 12. The van der Waals surface area contributed by atoms with Crippen LogP contribution in [0.4, 0.5) is 26.3 Å². The van der Waals surface area contributed by atoms with Crippen LogP contribution in [0.5, 0.6) is 11.8 Å². The first-order chi connectivity index (χ1) is 51.2. The lowest BCUT2D eigenvalue weighted by molar-refractivity contribution is 0.0359. The van der Waals surface area contributed by atoms with E-state index in [0.29, 0.717) is 84.4 Å². The number of rotatable bonds is 28. The van der Waals surface area contributed by atoms with Crippen molar-refractivity contribution in [3.05, 3.63) is 238 Å². The molecule has 2 fully saturated rings. The number of pyridine rings is 2. The third kappa shape index (κ3) is 16.7. The number of esters is 2. The Morgan fingerprint density at radius 1 is 0.438 bits per heavy atom. The van der Waals surface area contributed by atoms with Crippen molar-refractivity contribution in [1.29, 1.82) is 0 Å². The summed E-state index contributed by atoms with van der Waals surface area (Å²) in [7, 11) is 2.99. The van der Waals surface area contributed by atoms with E-state index in [-0.39, 0.29) is 120 Å². The van der Waals surface area contributed by atoms with Crippen LogP contribution in [0.2, 0.25) is 0 Å². The number of hydrogen-bond acceptors (Lipinski definition) is 17. The quantitative estimate of drug-likeness (QED) is 0.0254. The normalized spacial score (nSPS) is 13.7. The molecule has 0 atom stereocenters. The number of ether oxygens (including phenoxy) is 7. The lowest BCUT2D eigenvalue weighted by Crippen LogP contribution is -2.38. The van der Waals surface area contributed by atoms with Crippen molar-refractivity contribution in [2.45, 2.75) is 52.2 Å². The molecule has 12 aromatic rings. The van der Waals surface area contributed by atoms with E-state index in [0.717, 1.165) is 74.7 Å². The number of halogens is 6. The van der Waals surface area contributed by atoms with Crippen LogP contribution in [-0.4, -0.2) is 163 Å². The fraction of sp³-hybridized carbons (Fsp3) is 0.282. The molecule has 2 aliphatic heterocycles. The number of carbonyl (C=O) groups is 2. The van der Waals surface area contributed by atoms with Crippen molar-refractivity contribution < 1.29 is 69.1 Å². The first kappa shape index (κ1) is 71.1. The topological polar surface area (TPSA) is 202 Å². The van der Waals surface area contributed by atoms with Crippen LogP contribution in [0.1, 0.15) is 54.6 Å². The number of methoxy groups -OCH3 is 2. The lowest BCUT2D eigenvalue weighted by Gasteiger charge is -2.26. The van der Waals surface area contributed by atoms with Crippen molar-refractivity contribution in [2.24, 2.45) is 0 Å². The van der Waals surface area contributed by atoms with E-state index < -0.39 is 46.8 Å². The number of morpholine rings is 2. The molecule has 21 nitrogen and oxygen atoms in total. The third-order valence-electron chi connectivity index (χ3n) is 18.6. The second-order valence-corrected chi connectivity index (χ2v) is 25.4. The summed E-state index contributed by atoms with van der Waals surface area (Å²) in [4.78, 5) is 50.7. The van der Waals surface area contributed by atoms with E-state index in [2.05, 4.69) is 30.0 Å². The summed E-state index contributed by atoms with van der Waals surface area (Å²) >= 11 is 0. The molecule has 0 radical (unpaired) electrons. The van der Waals surface area contributed by atoms with Gasteiger partial charge in [0, 0.05) is 137 Å². The summed E-state index contributed by atoms with van der Waals surface area (Å²) in [6.07, 6.45) is 6.80. The number of aromatic nitrogens is 10. The molecule has 14 rings (SSSR count). The summed E-state index contributed by atoms with van der Waals surface area (Å²) in [6.45, 7) is 9.71. The fourth-order valence-electron chi connectivity index (χ4n) is 12.8. The van der Waals surface area contributed by atoms with Gasteiger partial charge in [-0.3, -0.25) is 19.2 Å². The Morgan fingerprint density at radius 2 is 0.867 bits per heavy atom. The number of carbonyl (C=O) groups excluding carboxylic acids is 2. The van der Waals surface area contributed by atoms with Crippen LogP contribution in [0.3, 0.4) is 0 Å². The maximum Gasteiger partial charge on any atom is 0.346 e. The predicted molar refractivity (Wildman–Crippen MR) is 376 cm³/mol. The Balaban J connectivity index is 0.608. The van der Waals surface area contributed by atoms with E-state index in [1.54, 1.807) is 70.1 Å². The third-order valence-corrected chi connectivity index (χ3v) is 18.6. The molecule has 2 aliphatic rings. The van der Waals surface area contributed by atoms with E-state index in [4.69, 9.17) is 43.1 Å². The summed E-state index contributed by atoms with van der Waals surface area (Å²) < 4.78 is 142. The maximum atomic E-state index is 16.2. The summed E-state index contributed by atoms with van der Waals surface area (Å²) in [6, 6.07) is 32.0. The van der Waals surface area contributed by atoms with Gasteiger partial charge in [0.1, 0.15) is 59.8 Å². The number of imidazole rings is 2. The Bertz CT molecular complexity index is 4830. The van der Waals surface area contributed by atoms with E-state index in [1.165, 1.54) is 74.9 Å².